The fraction of sp³-hybridized carbons (Fsp3) is 0.385. The number of anilines is 1. The molecule has 0 spiro atoms. The van der Waals surface area contributed by atoms with E-state index in [0.717, 1.165) is 6.07 Å². The molecule has 1 heterocycles. The van der Waals surface area contributed by atoms with Crippen LogP contribution < -0.4 is 16.0 Å². The highest BCUT2D eigenvalue weighted by Crippen LogP contribution is 2.34. The van der Waals surface area contributed by atoms with E-state index >= 15 is 0 Å². The summed E-state index contributed by atoms with van der Waals surface area (Å²) in [5.41, 5.74) is -1.21. The third kappa shape index (κ3) is 3.94. The molecule has 1 aliphatic heterocycles. The molecule has 2 amide bonds. The Hall–Kier alpha value is -2.09. The summed E-state index contributed by atoms with van der Waals surface area (Å²) < 4.78 is 38.4. The lowest BCUT2D eigenvalue weighted by Gasteiger charge is -2.20. The van der Waals surface area contributed by atoms with E-state index in [9.17, 15) is 22.8 Å². The predicted octanol–water partition coefficient (Wildman–Crippen LogP) is 0.0958. The predicted molar refractivity (Wildman–Crippen MR) is 68.3 cm³/mol. The van der Waals surface area contributed by atoms with E-state index in [0.29, 0.717) is 13.1 Å². The molecule has 1 aliphatic rings. The van der Waals surface area contributed by atoms with Gasteiger partial charge in [0.25, 0.3) is 5.91 Å². The largest absolute Gasteiger partial charge is 0.418 e. The average molecular weight is 302 g/mol. The summed E-state index contributed by atoms with van der Waals surface area (Å²) in [6.45, 7) is 1.16. The quantitative estimate of drug-likeness (QED) is 0.740. The smallest absolute Gasteiger partial charge is 0.345 e. The van der Waals surface area contributed by atoms with Gasteiger partial charge in [0.15, 0.2) is 6.04 Å². The van der Waals surface area contributed by atoms with Crippen molar-refractivity contribution in [3.05, 3.63) is 29.8 Å². The molecule has 114 valence electrons. The second kappa shape index (κ2) is 6.13. The van der Waals surface area contributed by atoms with Crippen LogP contribution in [-0.2, 0) is 15.8 Å². The molecular weight excluding hydrogens is 287 g/mol. The first-order chi connectivity index (χ1) is 9.88. The van der Waals surface area contributed by atoms with Gasteiger partial charge in [0.1, 0.15) is 0 Å². The van der Waals surface area contributed by atoms with Gasteiger partial charge in [0.05, 0.1) is 30.8 Å². The van der Waals surface area contributed by atoms with Crippen molar-refractivity contribution in [1.29, 1.82) is 0 Å². The van der Waals surface area contributed by atoms with E-state index in [1.165, 1.54) is 18.2 Å². The maximum absolute atomic E-state index is 12.8. The molecule has 21 heavy (non-hydrogen) atoms. The first kappa shape index (κ1) is 15.3. The lowest BCUT2D eigenvalue weighted by Crippen LogP contribution is -2.96. The SMILES string of the molecule is O=C(C[C@H]1[NH2+]CCNC1=O)Nc1ccccc1C(F)(F)F. The summed E-state index contributed by atoms with van der Waals surface area (Å²) in [5, 5.41) is 6.54. The van der Waals surface area contributed by atoms with Crippen LogP contribution in [0.2, 0.25) is 0 Å². The number of amides is 2. The van der Waals surface area contributed by atoms with Crippen LogP contribution in [0.5, 0.6) is 0 Å². The van der Waals surface area contributed by atoms with Crippen molar-refractivity contribution in [1.82, 2.24) is 5.32 Å². The van der Waals surface area contributed by atoms with Gasteiger partial charge in [-0.3, -0.25) is 9.59 Å². The van der Waals surface area contributed by atoms with Crippen molar-refractivity contribution in [3.63, 3.8) is 0 Å². The minimum Gasteiger partial charge on any atom is -0.345 e. The van der Waals surface area contributed by atoms with Gasteiger partial charge in [-0.2, -0.15) is 13.2 Å². The summed E-state index contributed by atoms with van der Waals surface area (Å²) in [6.07, 6.45) is -4.71. The van der Waals surface area contributed by atoms with Crippen molar-refractivity contribution in [2.75, 3.05) is 18.4 Å². The maximum Gasteiger partial charge on any atom is 0.418 e. The van der Waals surface area contributed by atoms with E-state index in [4.69, 9.17) is 0 Å². The normalized spacial score (nSPS) is 19.0. The first-order valence-corrected chi connectivity index (χ1v) is 6.45. The van der Waals surface area contributed by atoms with Crippen LogP contribution in [0.15, 0.2) is 24.3 Å². The van der Waals surface area contributed by atoms with Crippen LogP contribution in [0.4, 0.5) is 18.9 Å². The Kier molecular flexibility index (Phi) is 4.46. The van der Waals surface area contributed by atoms with Crippen LogP contribution >= 0.6 is 0 Å². The summed E-state index contributed by atoms with van der Waals surface area (Å²) in [6, 6.07) is 4.14. The van der Waals surface area contributed by atoms with Gasteiger partial charge < -0.3 is 16.0 Å². The third-order valence-electron chi connectivity index (χ3n) is 3.14. The van der Waals surface area contributed by atoms with Crippen molar-refractivity contribution in [2.24, 2.45) is 0 Å². The van der Waals surface area contributed by atoms with Crippen molar-refractivity contribution in [2.45, 2.75) is 18.6 Å². The highest BCUT2D eigenvalue weighted by Gasteiger charge is 2.34. The van der Waals surface area contributed by atoms with E-state index in [1.54, 1.807) is 5.32 Å². The van der Waals surface area contributed by atoms with Crippen molar-refractivity contribution in [3.8, 4) is 0 Å². The minimum atomic E-state index is -4.54. The average Bonchev–Trinajstić information content (AvgIpc) is 2.41. The molecule has 1 aromatic carbocycles. The van der Waals surface area contributed by atoms with Gasteiger partial charge in [0.2, 0.25) is 5.91 Å². The standard InChI is InChI=1S/C13H14F3N3O2/c14-13(15,16)8-3-1-2-4-9(8)19-11(20)7-10-12(21)18-6-5-17-10/h1-4,10,17H,5-7H2,(H,18,21)(H,19,20)/p+1/t10-/m1/s1. The van der Waals surface area contributed by atoms with E-state index < -0.39 is 23.7 Å². The highest BCUT2D eigenvalue weighted by atomic mass is 19.4. The van der Waals surface area contributed by atoms with Crippen LogP contribution in [-0.4, -0.2) is 30.9 Å². The molecule has 0 bridgehead atoms. The number of carbonyl (C=O) groups excluding carboxylic acids is 2. The molecule has 0 radical (unpaired) electrons. The molecule has 0 aromatic heterocycles. The van der Waals surface area contributed by atoms with Gasteiger partial charge in [-0.25, -0.2) is 0 Å². The Morgan fingerprint density at radius 2 is 2.10 bits per heavy atom. The van der Waals surface area contributed by atoms with Crippen LogP contribution in [0.3, 0.4) is 0 Å². The number of piperazine rings is 1. The minimum absolute atomic E-state index is 0.169. The number of rotatable bonds is 3. The molecule has 5 nitrogen and oxygen atoms in total. The second-order valence-electron chi connectivity index (χ2n) is 4.72. The van der Waals surface area contributed by atoms with Gasteiger partial charge in [0, 0.05) is 0 Å². The molecule has 8 heteroatoms. The van der Waals surface area contributed by atoms with Crippen LogP contribution in [0, 0.1) is 0 Å². The number of hydrogen-bond donors (Lipinski definition) is 3. The molecule has 1 aromatic rings. The fourth-order valence-electron chi connectivity index (χ4n) is 2.13. The molecule has 0 saturated carbocycles. The van der Waals surface area contributed by atoms with Gasteiger partial charge in [-0.1, -0.05) is 12.1 Å². The number of halogens is 3. The Morgan fingerprint density at radius 3 is 2.76 bits per heavy atom. The van der Waals surface area contributed by atoms with E-state index in [2.05, 4.69) is 10.6 Å². The van der Waals surface area contributed by atoms with Gasteiger partial charge >= 0.3 is 6.18 Å². The summed E-state index contributed by atoms with van der Waals surface area (Å²) in [4.78, 5) is 23.3. The lowest BCUT2D eigenvalue weighted by molar-refractivity contribution is -0.678. The number of carbonyl (C=O) groups is 2. The number of quaternary nitrogens is 1. The van der Waals surface area contributed by atoms with Gasteiger partial charge in [-0.05, 0) is 12.1 Å². The Labute approximate surface area is 118 Å². The monoisotopic (exact) mass is 302 g/mol. The zero-order chi connectivity index (χ0) is 15.5. The summed E-state index contributed by atoms with van der Waals surface area (Å²) >= 11 is 0. The summed E-state index contributed by atoms with van der Waals surface area (Å²) in [5.74, 6) is -0.898. The second-order valence-corrected chi connectivity index (χ2v) is 4.72. The number of nitrogens with two attached hydrogens (primary N) is 1. The molecule has 1 saturated heterocycles. The third-order valence-corrected chi connectivity index (χ3v) is 3.14. The number of para-hydroxylation sites is 1. The number of nitrogens with one attached hydrogen (secondary N) is 2. The molecule has 4 N–H and O–H groups in total. The van der Waals surface area contributed by atoms with Crippen molar-refractivity contribution < 1.29 is 28.1 Å². The number of alkyl halides is 3. The molecule has 0 unspecified atom stereocenters. The van der Waals surface area contributed by atoms with E-state index in [1.807, 2.05) is 0 Å². The first-order valence-electron chi connectivity index (χ1n) is 6.45. The van der Waals surface area contributed by atoms with Gasteiger partial charge in [-0.15, -0.1) is 0 Å². The zero-order valence-corrected chi connectivity index (χ0v) is 11.0. The maximum atomic E-state index is 12.8. The van der Waals surface area contributed by atoms with E-state index in [-0.39, 0.29) is 18.0 Å². The number of hydrogen-bond acceptors (Lipinski definition) is 2. The molecule has 0 aliphatic carbocycles. The fourth-order valence-corrected chi connectivity index (χ4v) is 2.13. The highest BCUT2D eigenvalue weighted by molar-refractivity contribution is 5.95. The topological polar surface area (TPSA) is 74.8 Å². The molecular formula is C13H15F3N3O2+. The molecule has 1 fully saturated rings. The number of benzene rings is 1. The molecule has 2 rings (SSSR count). The van der Waals surface area contributed by atoms with Crippen LogP contribution in [0.1, 0.15) is 12.0 Å². The van der Waals surface area contributed by atoms with Crippen LogP contribution in [0.25, 0.3) is 0 Å². The van der Waals surface area contributed by atoms with Crippen molar-refractivity contribution >= 4 is 17.5 Å². The summed E-state index contributed by atoms with van der Waals surface area (Å²) in [7, 11) is 0. The molecule has 1 atom stereocenters. The zero-order valence-electron chi connectivity index (χ0n) is 11.0. The lowest BCUT2D eigenvalue weighted by atomic mass is 10.1. The Balaban J connectivity index is 2.05. The Morgan fingerprint density at radius 1 is 1.38 bits per heavy atom. The Bertz CT molecular complexity index is 546.